The number of unbranched alkanes of at least 4 members (excludes halogenated alkanes) is 1. The van der Waals surface area contributed by atoms with Gasteiger partial charge in [0.1, 0.15) is 5.75 Å². The first-order valence-corrected chi connectivity index (χ1v) is 21.2. The van der Waals surface area contributed by atoms with Crippen LogP contribution in [0.5, 0.6) is 5.75 Å². The Morgan fingerprint density at radius 3 is 2.02 bits per heavy atom. The van der Waals surface area contributed by atoms with Crippen LogP contribution in [0.2, 0.25) is 24.7 Å². The molecule has 0 aromatic heterocycles. The summed E-state index contributed by atoms with van der Waals surface area (Å²) in [6, 6.07) is 19.2. The molecular formula is C40H60O4Si. The topological polar surface area (TPSA) is 55.8 Å². The van der Waals surface area contributed by atoms with Gasteiger partial charge in [-0.15, -0.1) is 0 Å². The van der Waals surface area contributed by atoms with E-state index < -0.39 is 14.0 Å². The molecule has 0 bridgehead atoms. The molecule has 2 fully saturated rings. The molecule has 248 valence electrons. The van der Waals surface area contributed by atoms with E-state index in [1.807, 2.05) is 12.1 Å². The highest BCUT2D eigenvalue weighted by atomic mass is 28.3. The Hall–Kier alpha value is -2.37. The van der Waals surface area contributed by atoms with Crippen molar-refractivity contribution in [2.24, 2.45) is 17.8 Å². The van der Waals surface area contributed by atoms with Gasteiger partial charge in [0.15, 0.2) is 0 Å². The maximum absolute atomic E-state index is 11.6. The number of hydrogen-bond acceptors (Lipinski definition) is 4. The Kier molecular flexibility index (Phi) is 13.8. The molecule has 0 saturated heterocycles. The molecule has 2 aromatic carbocycles. The van der Waals surface area contributed by atoms with Gasteiger partial charge in [-0.05, 0) is 97.6 Å². The normalized spacial score (nSPS) is 22.9. The first-order valence-electron chi connectivity index (χ1n) is 18.0. The lowest BCUT2D eigenvalue weighted by Gasteiger charge is -2.42. The van der Waals surface area contributed by atoms with Crippen LogP contribution in [0.3, 0.4) is 0 Å². The Balaban J connectivity index is 1.17. The molecular weight excluding hydrogens is 573 g/mol. The number of esters is 1. The molecule has 2 aliphatic carbocycles. The number of aliphatic hydroxyl groups excluding tert-OH is 1. The molecule has 0 aliphatic heterocycles. The second-order valence-electron chi connectivity index (χ2n) is 14.9. The smallest absolute Gasteiger partial charge is 0.333 e. The van der Waals surface area contributed by atoms with Gasteiger partial charge in [-0.1, -0.05) is 108 Å². The highest BCUT2D eigenvalue weighted by Crippen LogP contribution is 2.48. The molecule has 4 rings (SSSR count). The van der Waals surface area contributed by atoms with E-state index in [2.05, 4.69) is 63.0 Å². The Bertz CT molecular complexity index is 1170. The monoisotopic (exact) mass is 632 g/mol. The van der Waals surface area contributed by atoms with E-state index in [9.17, 15) is 9.90 Å². The zero-order valence-corrected chi connectivity index (χ0v) is 29.7. The van der Waals surface area contributed by atoms with Crippen molar-refractivity contribution in [3.8, 4) is 16.9 Å². The second kappa shape index (κ2) is 17.5. The lowest BCUT2D eigenvalue weighted by Crippen LogP contribution is -2.36. The molecule has 0 spiro atoms. The highest BCUT2D eigenvalue weighted by Gasteiger charge is 2.37. The standard InChI is InChI=1S/C40H60O4Si/c1-6-7-27-45(4,5)39-24-20-37(21-25-39)35-16-12-33(13-17-35)32-10-14-34(15-11-32)36-18-22-38(23-19-36)43-26-8-9-31(28-41)29-44-40(42)30(2)3/h10-11,14-15,18-19,22-23,31,33,35,37,39,41H,2,6-9,12-13,16-17,20-21,24-29H2,1,3-5H3. The molecule has 5 heteroatoms. The minimum atomic E-state index is -1.04. The average Bonchev–Trinajstić information content (AvgIpc) is 3.07. The van der Waals surface area contributed by atoms with Gasteiger partial charge in [-0.3, -0.25) is 0 Å². The van der Waals surface area contributed by atoms with Gasteiger partial charge in [0.05, 0.1) is 21.3 Å². The van der Waals surface area contributed by atoms with Crippen molar-refractivity contribution in [2.75, 3.05) is 19.8 Å². The van der Waals surface area contributed by atoms with Crippen LogP contribution in [-0.4, -0.2) is 39.0 Å². The summed E-state index contributed by atoms with van der Waals surface area (Å²) in [5.74, 6) is 3.01. The average molecular weight is 633 g/mol. The van der Waals surface area contributed by atoms with Crippen molar-refractivity contribution in [1.29, 1.82) is 0 Å². The Morgan fingerprint density at radius 2 is 1.47 bits per heavy atom. The Labute approximate surface area is 275 Å². The minimum absolute atomic E-state index is 0.0157. The molecule has 1 N–H and O–H groups in total. The van der Waals surface area contributed by atoms with Crippen molar-refractivity contribution >= 4 is 14.0 Å². The number of rotatable bonds is 16. The molecule has 1 atom stereocenters. The molecule has 2 aliphatic rings. The third-order valence-corrected chi connectivity index (χ3v) is 15.6. The van der Waals surface area contributed by atoms with E-state index >= 15 is 0 Å². The third-order valence-electron chi connectivity index (χ3n) is 11.1. The maximum atomic E-state index is 11.6. The largest absolute Gasteiger partial charge is 0.494 e. The number of carbonyl (C=O) groups is 1. The summed E-state index contributed by atoms with van der Waals surface area (Å²) in [4.78, 5) is 11.6. The van der Waals surface area contributed by atoms with E-state index in [1.165, 1.54) is 86.9 Å². The quantitative estimate of drug-likeness (QED) is 0.0866. The van der Waals surface area contributed by atoms with E-state index in [1.54, 1.807) is 6.92 Å². The molecule has 45 heavy (non-hydrogen) atoms. The minimum Gasteiger partial charge on any atom is -0.494 e. The van der Waals surface area contributed by atoms with Gasteiger partial charge in [-0.2, -0.15) is 0 Å². The third kappa shape index (κ3) is 10.6. The van der Waals surface area contributed by atoms with Crippen LogP contribution in [-0.2, 0) is 9.53 Å². The van der Waals surface area contributed by atoms with Crippen LogP contribution in [0.15, 0.2) is 60.7 Å². The van der Waals surface area contributed by atoms with Crippen LogP contribution < -0.4 is 4.74 Å². The fourth-order valence-electron chi connectivity index (χ4n) is 7.93. The summed E-state index contributed by atoms with van der Waals surface area (Å²) in [6.07, 6.45) is 15.9. The van der Waals surface area contributed by atoms with Crippen molar-refractivity contribution in [3.05, 3.63) is 66.2 Å². The molecule has 4 nitrogen and oxygen atoms in total. The molecule has 1 unspecified atom stereocenters. The predicted octanol–water partition coefficient (Wildman–Crippen LogP) is 10.6. The second-order valence-corrected chi connectivity index (χ2v) is 20.2. The number of hydrogen-bond donors (Lipinski definition) is 1. The van der Waals surface area contributed by atoms with Gasteiger partial charge >= 0.3 is 5.97 Å². The summed E-state index contributed by atoms with van der Waals surface area (Å²) in [7, 11) is -1.04. The first-order chi connectivity index (χ1) is 21.7. The zero-order chi connectivity index (χ0) is 32.2. The zero-order valence-electron chi connectivity index (χ0n) is 28.7. The number of benzene rings is 2. The molecule has 2 aromatic rings. The van der Waals surface area contributed by atoms with Gasteiger partial charge in [0.25, 0.3) is 0 Å². The lowest BCUT2D eigenvalue weighted by molar-refractivity contribution is -0.140. The summed E-state index contributed by atoms with van der Waals surface area (Å²) in [5, 5.41) is 9.58. The predicted molar refractivity (Wildman–Crippen MR) is 191 cm³/mol. The fourth-order valence-corrected chi connectivity index (χ4v) is 11.5. The fraction of sp³-hybridized carbons (Fsp3) is 0.625. The molecule has 0 heterocycles. The lowest BCUT2D eigenvalue weighted by atomic mass is 9.70. The van der Waals surface area contributed by atoms with Crippen molar-refractivity contribution in [1.82, 2.24) is 0 Å². The highest BCUT2D eigenvalue weighted by molar-refractivity contribution is 6.78. The van der Waals surface area contributed by atoms with Gasteiger partial charge in [-0.25, -0.2) is 4.79 Å². The maximum Gasteiger partial charge on any atom is 0.333 e. The van der Waals surface area contributed by atoms with Gasteiger partial charge in [0.2, 0.25) is 0 Å². The summed E-state index contributed by atoms with van der Waals surface area (Å²) < 4.78 is 11.1. The van der Waals surface area contributed by atoms with Crippen LogP contribution >= 0.6 is 0 Å². The first kappa shape index (κ1) is 35.5. The van der Waals surface area contributed by atoms with Crippen molar-refractivity contribution < 1.29 is 19.4 Å². The molecule has 0 radical (unpaired) electrons. The van der Waals surface area contributed by atoms with Crippen LogP contribution in [0.25, 0.3) is 11.1 Å². The van der Waals surface area contributed by atoms with Gasteiger partial charge in [0, 0.05) is 18.1 Å². The number of carbonyl (C=O) groups excluding carboxylic acids is 1. The summed E-state index contributed by atoms with van der Waals surface area (Å²) >= 11 is 0. The van der Waals surface area contributed by atoms with Gasteiger partial charge < -0.3 is 14.6 Å². The molecule has 2 saturated carbocycles. The Morgan fingerprint density at radius 1 is 0.889 bits per heavy atom. The number of aliphatic hydroxyl groups is 1. The van der Waals surface area contributed by atoms with Crippen LogP contribution in [0.1, 0.15) is 102 Å². The van der Waals surface area contributed by atoms with E-state index in [0.29, 0.717) is 18.1 Å². The number of ether oxygens (including phenoxy) is 2. The van der Waals surface area contributed by atoms with Crippen molar-refractivity contribution in [3.63, 3.8) is 0 Å². The summed E-state index contributed by atoms with van der Waals surface area (Å²) in [6.45, 7) is 13.6. The van der Waals surface area contributed by atoms with E-state index in [-0.39, 0.29) is 19.1 Å². The summed E-state index contributed by atoms with van der Waals surface area (Å²) in [5.41, 5.74) is 5.41. The van der Waals surface area contributed by atoms with E-state index in [0.717, 1.165) is 36.0 Å². The van der Waals surface area contributed by atoms with Crippen molar-refractivity contribution in [2.45, 2.75) is 121 Å². The SMILES string of the molecule is C=C(C)C(=O)OCC(CO)CCCOc1ccc(-c2ccc(C3CCC(C4CCC([Si](C)(C)CCCC)CC4)CC3)cc2)cc1. The van der Waals surface area contributed by atoms with E-state index in [4.69, 9.17) is 9.47 Å². The van der Waals surface area contributed by atoms with Crippen LogP contribution in [0.4, 0.5) is 0 Å². The van der Waals surface area contributed by atoms with Crippen LogP contribution in [0, 0.1) is 17.8 Å². The molecule has 0 amide bonds.